The Labute approximate surface area is 134 Å². The molecule has 8 heteroatoms. The van der Waals surface area contributed by atoms with Crippen molar-refractivity contribution in [3.63, 3.8) is 0 Å². The number of aliphatic hydroxyl groups is 1. The minimum Gasteiger partial charge on any atom is -0.393 e. The number of ether oxygens (including phenoxy) is 1. The van der Waals surface area contributed by atoms with E-state index in [9.17, 15) is 9.50 Å². The second kappa shape index (κ2) is 7.01. The molecule has 2 rings (SSSR count). The van der Waals surface area contributed by atoms with Crippen LogP contribution in [-0.2, 0) is 11.2 Å². The smallest absolute Gasteiger partial charge is 0.222 e. The van der Waals surface area contributed by atoms with Crippen molar-refractivity contribution in [1.29, 1.82) is 0 Å². The van der Waals surface area contributed by atoms with Gasteiger partial charge < -0.3 is 15.6 Å². The summed E-state index contributed by atoms with van der Waals surface area (Å²) in [4.78, 5) is 12.5. The molecule has 7 nitrogen and oxygen atoms in total. The number of nitrogen functional groups attached to an aromatic ring is 1. The summed E-state index contributed by atoms with van der Waals surface area (Å²) in [6.45, 7) is 5.24. The van der Waals surface area contributed by atoms with Gasteiger partial charge in [-0.05, 0) is 6.42 Å². The molecule has 2 aromatic rings. The summed E-state index contributed by atoms with van der Waals surface area (Å²) in [6.07, 6.45) is 2.68. The van der Waals surface area contributed by atoms with Gasteiger partial charge in [-0.1, -0.05) is 19.4 Å². The molecule has 0 aliphatic rings. The highest BCUT2D eigenvalue weighted by atomic mass is 19.1. The van der Waals surface area contributed by atoms with Gasteiger partial charge in [-0.2, -0.15) is 4.98 Å². The van der Waals surface area contributed by atoms with Crippen LogP contribution in [0.2, 0.25) is 0 Å². The highest BCUT2D eigenvalue weighted by Gasteiger charge is 2.31. The van der Waals surface area contributed by atoms with Crippen LogP contribution in [0.4, 0.5) is 10.3 Å². The van der Waals surface area contributed by atoms with Crippen molar-refractivity contribution in [2.24, 2.45) is 0 Å². The molecule has 0 aromatic carbocycles. The van der Waals surface area contributed by atoms with Crippen LogP contribution in [0.15, 0.2) is 19.0 Å². The van der Waals surface area contributed by atoms with Crippen molar-refractivity contribution in [1.82, 2.24) is 19.5 Å². The van der Waals surface area contributed by atoms with Crippen LogP contribution < -0.4 is 5.73 Å². The number of hydrogen-bond donors (Lipinski definition) is 2. The van der Waals surface area contributed by atoms with Gasteiger partial charge in [-0.15, -0.1) is 6.58 Å². The van der Waals surface area contributed by atoms with Gasteiger partial charge in [0.05, 0.1) is 18.6 Å². The minimum atomic E-state index is -1.51. The number of hydrogen-bond acceptors (Lipinski definition) is 6. The fourth-order valence-electron chi connectivity index (χ4n) is 2.44. The number of anilines is 1. The zero-order valence-electron chi connectivity index (χ0n) is 13.4. The molecule has 23 heavy (non-hydrogen) atoms. The van der Waals surface area contributed by atoms with Crippen LogP contribution in [-0.4, -0.2) is 43.9 Å². The number of imidazole rings is 1. The Morgan fingerprint density at radius 2 is 2.30 bits per heavy atom. The van der Waals surface area contributed by atoms with Crippen molar-refractivity contribution in [3.05, 3.63) is 24.7 Å². The van der Waals surface area contributed by atoms with E-state index in [1.807, 2.05) is 6.92 Å². The topological polar surface area (TPSA) is 99.1 Å². The maximum atomic E-state index is 14.8. The van der Waals surface area contributed by atoms with Gasteiger partial charge in [0, 0.05) is 13.5 Å². The van der Waals surface area contributed by atoms with Crippen LogP contribution in [0.3, 0.4) is 0 Å². The minimum absolute atomic E-state index is 0.0822. The quantitative estimate of drug-likeness (QED) is 0.719. The monoisotopic (exact) mass is 323 g/mol. The Hall–Kier alpha value is -2.06. The van der Waals surface area contributed by atoms with Crippen LogP contribution in [0.5, 0.6) is 0 Å². The van der Waals surface area contributed by atoms with E-state index < -0.39 is 11.9 Å². The Morgan fingerprint density at radius 1 is 1.57 bits per heavy atom. The number of alkyl halides is 1. The van der Waals surface area contributed by atoms with Crippen molar-refractivity contribution in [2.45, 2.75) is 38.1 Å². The lowest BCUT2D eigenvalue weighted by atomic mass is 10.00. The number of aromatic nitrogens is 4. The fourth-order valence-corrected chi connectivity index (χ4v) is 2.44. The van der Waals surface area contributed by atoms with E-state index in [0.29, 0.717) is 23.3 Å². The third kappa shape index (κ3) is 3.32. The third-order valence-corrected chi connectivity index (χ3v) is 3.86. The number of methoxy groups -OCH3 is 1. The molecule has 1 unspecified atom stereocenters. The summed E-state index contributed by atoms with van der Waals surface area (Å²) < 4.78 is 21.3. The highest BCUT2D eigenvalue weighted by molar-refractivity contribution is 5.74. The largest absolute Gasteiger partial charge is 0.393 e. The van der Waals surface area contributed by atoms with Gasteiger partial charge in [0.15, 0.2) is 11.9 Å². The van der Waals surface area contributed by atoms with Crippen molar-refractivity contribution in [2.75, 3.05) is 19.5 Å². The predicted molar refractivity (Wildman–Crippen MR) is 85.5 cm³/mol. The zero-order chi connectivity index (χ0) is 17.0. The summed E-state index contributed by atoms with van der Waals surface area (Å²) in [7, 11) is 1.40. The molecule has 0 fully saturated rings. The molecular formula is C15H22FN5O2. The second-order valence-corrected chi connectivity index (χ2v) is 5.37. The van der Waals surface area contributed by atoms with Gasteiger partial charge in [0.2, 0.25) is 5.95 Å². The van der Waals surface area contributed by atoms with Gasteiger partial charge >= 0.3 is 0 Å². The van der Waals surface area contributed by atoms with E-state index in [1.54, 1.807) is 0 Å². The first-order chi connectivity index (χ1) is 11.0. The fraction of sp³-hybridized carbons (Fsp3) is 0.533. The first-order valence-corrected chi connectivity index (χ1v) is 7.42. The predicted octanol–water partition coefficient (Wildman–Crippen LogP) is 1.78. The van der Waals surface area contributed by atoms with Gasteiger partial charge in [-0.25, -0.2) is 14.4 Å². The summed E-state index contributed by atoms with van der Waals surface area (Å²) >= 11 is 0. The Balaban J connectivity index is 2.42. The lowest BCUT2D eigenvalue weighted by molar-refractivity contribution is -0.0431. The van der Waals surface area contributed by atoms with E-state index in [1.165, 1.54) is 24.1 Å². The number of aryl methyl sites for hydroxylation is 1. The van der Waals surface area contributed by atoms with Crippen LogP contribution >= 0.6 is 0 Å². The van der Waals surface area contributed by atoms with Crippen molar-refractivity contribution >= 4 is 17.1 Å². The van der Waals surface area contributed by atoms with E-state index in [2.05, 4.69) is 21.5 Å². The van der Waals surface area contributed by atoms with E-state index in [4.69, 9.17) is 10.5 Å². The number of halogens is 1. The molecule has 0 radical (unpaired) electrons. The first kappa shape index (κ1) is 17.3. The molecule has 2 heterocycles. The number of aliphatic hydroxyl groups excluding tert-OH is 1. The molecule has 3 N–H and O–H groups in total. The summed E-state index contributed by atoms with van der Waals surface area (Å²) in [5.41, 5.74) is 6.13. The molecule has 0 saturated heterocycles. The Morgan fingerprint density at radius 3 is 2.87 bits per heavy atom. The van der Waals surface area contributed by atoms with E-state index >= 15 is 0 Å². The van der Waals surface area contributed by atoms with Gasteiger partial charge in [-0.3, -0.25) is 4.57 Å². The molecule has 2 aromatic heterocycles. The average molecular weight is 323 g/mol. The number of nitrogens with two attached hydrogens (primary N) is 1. The molecule has 0 aliphatic carbocycles. The second-order valence-electron chi connectivity index (χ2n) is 5.37. The number of rotatable bonds is 8. The van der Waals surface area contributed by atoms with E-state index in [-0.39, 0.29) is 19.0 Å². The van der Waals surface area contributed by atoms with Crippen LogP contribution in [0.1, 0.15) is 31.8 Å². The molecular weight excluding hydrogens is 301 g/mol. The molecule has 0 saturated carbocycles. The lowest BCUT2D eigenvalue weighted by Gasteiger charge is -2.28. The highest BCUT2D eigenvalue weighted by Crippen LogP contribution is 2.29. The maximum absolute atomic E-state index is 14.8. The number of nitrogens with zero attached hydrogens (tertiary/aromatic N) is 4. The van der Waals surface area contributed by atoms with Gasteiger partial charge in [0.1, 0.15) is 11.1 Å². The summed E-state index contributed by atoms with van der Waals surface area (Å²) in [5, 5.41) is 9.46. The Bertz CT molecular complexity index is 684. The van der Waals surface area contributed by atoms with Crippen LogP contribution in [0.25, 0.3) is 11.2 Å². The molecule has 126 valence electrons. The molecule has 0 bridgehead atoms. The van der Waals surface area contributed by atoms with Crippen molar-refractivity contribution in [3.8, 4) is 0 Å². The number of fused-ring (bicyclic) bond motifs is 1. The van der Waals surface area contributed by atoms with Crippen molar-refractivity contribution < 1.29 is 14.2 Å². The first-order valence-electron chi connectivity index (χ1n) is 7.42. The SMILES string of the molecule is C=CC(CO)(C[C@@H](F)n1cnc2c(CCC)nc(N)nc21)OC. The zero-order valence-corrected chi connectivity index (χ0v) is 13.4. The average Bonchev–Trinajstić information content (AvgIpc) is 2.97. The molecule has 0 aliphatic heterocycles. The van der Waals surface area contributed by atoms with E-state index in [0.717, 1.165) is 6.42 Å². The summed E-state index contributed by atoms with van der Waals surface area (Å²) in [6, 6.07) is 0. The van der Waals surface area contributed by atoms with Crippen LogP contribution in [0, 0.1) is 0 Å². The molecule has 0 spiro atoms. The summed E-state index contributed by atoms with van der Waals surface area (Å²) in [5.74, 6) is 0.0822. The molecule has 2 atom stereocenters. The standard InChI is InChI=1S/C15H22FN5O2/c1-4-6-10-12-13(20-14(17)19-10)21(9-18-12)11(16)7-15(5-2,8-22)23-3/h5,9,11,22H,2,4,6-8H2,1,3H3,(H2,17,19,20)/t11-,15?/m0/s1. The maximum Gasteiger partial charge on any atom is 0.222 e. The van der Waals surface area contributed by atoms with Gasteiger partial charge in [0.25, 0.3) is 0 Å². The third-order valence-electron chi connectivity index (χ3n) is 3.86. The molecule has 0 amide bonds. The Kier molecular flexibility index (Phi) is 5.27. The lowest BCUT2D eigenvalue weighted by Crippen LogP contribution is -2.35. The normalized spacial score (nSPS) is 15.5.